The number of H-pyrrole nitrogens is 1. The van der Waals surface area contributed by atoms with Crippen molar-refractivity contribution in [3.8, 4) is 0 Å². The van der Waals surface area contributed by atoms with Crippen molar-refractivity contribution in [3.63, 3.8) is 0 Å². The van der Waals surface area contributed by atoms with Crippen LogP contribution in [0.5, 0.6) is 0 Å². The molecule has 2 N–H and O–H groups in total. The monoisotopic (exact) mass is 384 g/mol. The van der Waals surface area contributed by atoms with Crippen LogP contribution in [0.3, 0.4) is 0 Å². The summed E-state index contributed by atoms with van der Waals surface area (Å²) in [5.74, 6) is 1.37. The van der Waals surface area contributed by atoms with Crippen LogP contribution < -0.4 is 4.72 Å². The largest absolute Gasteiger partial charge is 0.263 e. The zero-order valence-electron chi connectivity index (χ0n) is 15.8. The topological polar surface area (TPSA) is 87.7 Å². The highest BCUT2D eigenvalue weighted by Crippen LogP contribution is 2.16. The Morgan fingerprint density at radius 3 is 2.56 bits per heavy atom. The minimum absolute atomic E-state index is 0.247. The highest BCUT2D eigenvalue weighted by molar-refractivity contribution is 7.89. The predicted octanol–water partition coefficient (Wildman–Crippen LogP) is 2.84. The fourth-order valence-corrected chi connectivity index (χ4v) is 4.27. The summed E-state index contributed by atoms with van der Waals surface area (Å²) in [6, 6.07) is 13.5. The van der Waals surface area contributed by atoms with Crippen LogP contribution in [0.4, 0.5) is 0 Å². The summed E-state index contributed by atoms with van der Waals surface area (Å²) in [6.07, 6.45) is 1.09. The molecule has 0 fully saturated rings. The molecule has 1 heterocycles. The van der Waals surface area contributed by atoms with Gasteiger partial charge in [0.05, 0.1) is 4.90 Å². The standard InChI is InChI=1S/C20H24N4O2S/c1-14-5-4-6-17(12-14)13-20-22-19(23-24-20)9-10-21-27(25,26)18-8-7-15(2)11-16(18)3/h4-8,11-12,21H,9-10,13H2,1-3H3,(H,22,23,24). The lowest BCUT2D eigenvalue weighted by Crippen LogP contribution is -2.26. The molecule has 2 aromatic carbocycles. The molecule has 0 aliphatic heterocycles. The van der Waals surface area contributed by atoms with Crippen molar-refractivity contribution in [2.75, 3.05) is 6.54 Å². The van der Waals surface area contributed by atoms with Crippen molar-refractivity contribution < 1.29 is 8.42 Å². The van der Waals surface area contributed by atoms with Gasteiger partial charge in [-0.05, 0) is 38.0 Å². The zero-order chi connectivity index (χ0) is 19.4. The molecule has 27 heavy (non-hydrogen) atoms. The maximum Gasteiger partial charge on any atom is 0.240 e. The first-order chi connectivity index (χ1) is 12.8. The third-order valence-electron chi connectivity index (χ3n) is 4.29. The van der Waals surface area contributed by atoms with Crippen molar-refractivity contribution in [2.45, 2.75) is 38.5 Å². The molecule has 0 saturated heterocycles. The molecule has 6 nitrogen and oxygen atoms in total. The lowest BCUT2D eigenvalue weighted by atomic mass is 10.1. The van der Waals surface area contributed by atoms with Crippen LogP contribution in [0, 0.1) is 20.8 Å². The molecule has 3 rings (SSSR count). The number of hydrogen-bond donors (Lipinski definition) is 2. The minimum Gasteiger partial charge on any atom is -0.263 e. The fourth-order valence-electron chi connectivity index (χ4n) is 3.02. The second kappa shape index (κ2) is 8.02. The number of benzene rings is 2. The quantitative estimate of drug-likeness (QED) is 0.656. The van der Waals surface area contributed by atoms with Gasteiger partial charge in [0.2, 0.25) is 10.0 Å². The van der Waals surface area contributed by atoms with E-state index in [4.69, 9.17) is 0 Å². The number of aryl methyl sites for hydroxylation is 3. The van der Waals surface area contributed by atoms with E-state index >= 15 is 0 Å². The van der Waals surface area contributed by atoms with E-state index in [9.17, 15) is 8.42 Å². The van der Waals surface area contributed by atoms with Gasteiger partial charge < -0.3 is 0 Å². The van der Waals surface area contributed by atoms with E-state index in [1.807, 2.05) is 25.1 Å². The van der Waals surface area contributed by atoms with Gasteiger partial charge in [0.15, 0.2) is 5.82 Å². The number of sulfonamides is 1. The Morgan fingerprint density at radius 1 is 1.04 bits per heavy atom. The van der Waals surface area contributed by atoms with Gasteiger partial charge in [-0.15, -0.1) is 0 Å². The third kappa shape index (κ3) is 5.02. The van der Waals surface area contributed by atoms with E-state index in [2.05, 4.69) is 39.0 Å². The van der Waals surface area contributed by atoms with E-state index in [0.29, 0.717) is 23.6 Å². The highest BCUT2D eigenvalue weighted by Gasteiger charge is 2.16. The number of aromatic nitrogens is 3. The van der Waals surface area contributed by atoms with E-state index in [1.54, 1.807) is 19.1 Å². The maximum absolute atomic E-state index is 12.5. The molecule has 0 radical (unpaired) electrons. The molecule has 7 heteroatoms. The number of rotatable bonds is 7. The summed E-state index contributed by atoms with van der Waals surface area (Å²) in [7, 11) is -3.54. The third-order valence-corrected chi connectivity index (χ3v) is 5.91. The number of aromatic amines is 1. The second-order valence-corrected chi connectivity index (χ2v) is 8.52. The molecule has 0 saturated carbocycles. The molecule has 142 valence electrons. The van der Waals surface area contributed by atoms with Gasteiger partial charge in [-0.3, -0.25) is 5.10 Å². The fraction of sp³-hybridized carbons (Fsp3) is 0.300. The molecule has 0 amide bonds. The normalized spacial score (nSPS) is 11.7. The summed E-state index contributed by atoms with van der Waals surface area (Å²) in [6.45, 7) is 6.04. The Kier molecular flexibility index (Phi) is 5.72. The molecule has 1 aromatic heterocycles. The van der Waals surface area contributed by atoms with Crippen LogP contribution in [-0.2, 0) is 22.9 Å². The van der Waals surface area contributed by atoms with E-state index in [-0.39, 0.29) is 6.54 Å². The number of hydrogen-bond acceptors (Lipinski definition) is 4. The number of nitrogens with zero attached hydrogens (tertiary/aromatic N) is 2. The van der Waals surface area contributed by atoms with Gasteiger partial charge in [-0.25, -0.2) is 18.1 Å². The molecular weight excluding hydrogens is 360 g/mol. The maximum atomic E-state index is 12.5. The van der Waals surface area contributed by atoms with E-state index < -0.39 is 10.0 Å². The SMILES string of the molecule is Cc1cccc(Cc2nc(CCNS(=O)(=O)c3ccc(C)cc3C)n[nH]2)c1. The second-order valence-electron chi connectivity index (χ2n) is 6.78. The van der Waals surface area contributed by atoms with Gasteiger partial charge in [0.1, 0.15) is 5.82 Å². The average Bonchev–Trinajstić information content (AvgIpc) is 3.01. The smallest absolute Gasteiger partial charge is 0.240 e. The lowest BCUT2D eigenvalue weighted by molar-refractivity contribution is 0.580. The van der Waals surface area contributed by atoms with E-state index in [0.717, 1.165) is 22.5 Å². The highest BCUT2D eigenvalue weighted by atomic mass is 32.2. The van der Waals surface area contributed by atoms with Crippen molar-refractivity contribution in [1.82, 2.24) is 19.9 Å². The molecule has 0 aliphatic carbocycles. The molecular formula is C20H24N4O2S. The molecule has 0 unspecified atom stereocenters. The molecule has 0 bridgehead atoms. The van der Waals surface area contributed by atoms with E-state index in [1.165, 1.54) is 5.56 Å². The summed E-state index contributed by atoms with van der Waals surface area (Å²) in [4.78, 5) is 4.76. The van der Waals surface area contributed by atoms with Crippen LogP contribution in [-0.4, -0.2) is 30.1 Å². The molecule has 0 atom stereocenters. The van der Waals surface area contributed by atoms with Crippen LogP contribution in [0.15, 0.2) is 47.4 Å². The molecule has 0 spiro atoms. The Balaban J connectivity index is 1.58. The van der Waals surface area contributed by atoms with Crippen LogP contribution in [0.2, 0.25) is 0 Å². The summed E-state index contributed by atoms with van der Waals surface area (Å²) in [5.41, 5.74) is 4.13. The summed E-state index contributed by atoms with van der Waals surface area (Å²) in [5, 5.41) is 7.12. The van der Waals surface area contributed by atoms with Gasteiger partial charge >= 0.3 is 0 Å². The van der Waals surface area contributed by atoms with Crippen molar-refractivity contribution in [3.05, 3.63) is 76.4 Å². The molecule has 0 aliphatic rings. The van der Waals surface area contributed by atoms with Crippen molar-refractivity contribution >= 4 is 10.0 Å². The average molecular weight is 385 g/mol. The predicted molar refractivity (Wildman–Crippen MR) is 105 cm³/mol. The Bertz CT molecular complexity index is 1040. The first kappa shape index (κ1) is 19.3. The van der Waals surface area contributed by atoms with Gasteiger partial charge in [0.25, 0.3) is 0 Å². The van der Waals surface area contributed by atoms with Gasteiger partial charge in [-0.1, -0.05) is 47.5 Å². The van der Waals surface area contributed by atoms with Gasteiger partial charge in [-0.2, -0.15) is 5.10 Å². The Hall–Kier alpha value is -2.51. The van der Waals surface area contributed by atoms with Gasteiger partial charge in [0, 0.05) is 19.4 Å². The van der Waals surface area contributed by atoms with Crippen LogP contribution in [0.25, 0.3) is 0 Å². The Labute approximate surface area is 160 Å². The number of nitrogens with one attached hydrogen (secondary N) is 2. The van der Waals surface area contributed by atoms with Crippen molar-refractivity contribution in [2.24, 2.45) is 0 Å². The molecule has 3 aromatic rings. The van der Waals surface area contributed by atoms with Crippen molar-refractivity contribution in [1.29, 1.82) is 0 Å². The minimum atomic E-state index is -3.54. The summed E-state index contributed by atoms with van der Waals surface area (Å²) >= 11 is 0. The summed E-state index contributed by atoms with van der Waals surface area (Å²) < 4.78 is 27.6. The first-order valence-electron chi connectivity index (χ1n) is 8.86. The first-order valence-corrected chi connectivity index (χ1v) is 10.3. The zero-order valence-corrected chi connectivity index (χ0v) is 16.6. The van der Waals surface area contributed by atoms with Crippen LogP contribution in [0.1, 0.15) is 33.9 Å². The Morgan fingerprint density at radius 2 is 1.81 bits per heavy atom. The van der Waals surface area contributed by atoms with Crippen LogP contribution >= 0.6 is 0 Å². The lowest BCUT2D eigenvalue weighted by Gasteiger charge is -2.09.